The molecule has 4 nitrogen and oxygen atoms in total. The van der Waals surface area contributed by atoms with Crippen LogP contribution >= 0.6 is 0 Å². The van der Waals surface area contributed by atoms with Gasteiger partial charge in [-0.05, 0) is 38.4 Å². The minimum absolute atomic E-state index is 0.103. The fourth-order valence-electron chi connectivity index (χ4n) is 2.53. The maximum atomic E-state index is 12.3. The predicted octanol–water partition coefficient (Wildman–Crippen LogP) is 0.928. The Balaban J connectivity index is 1.92. The molecule has 1 aliphatic heterocycles. The van der Waals surface area contributed by atoms with Gasteiger partial charge in [0.2, 0.25) is 5.91 Å². The number of carbonyl (C=O) groups is 1. The van der Waals surface area contributed by atoms with Gasteiger partial charge in [-0.2, -0.15) is 0 Å². The first kappa shape index (κ1) is 14.0. The minimum atomic E-state index is -0.967. The van der Waals surface area contributed by atoms with E-state index in [0.717, 1.165) is 25.1 Å². The molecule has 0 aromatic heterocycles. The van der Waals surface area contributed by atoms with Crippen LogP contribution in [-0.2, 0) is 10.3 Å². The van der Waals surface area contributed by atoms with Gasteiger partial charge in [-0.1, -0.05) is 30.3 Å². The molecule has 3 N–H and O–H groups in total. The average molecular weight is 261 g/mol. The molecule has 0 saturated carbocycles. The molecule has 1 heterocycles. The number of hydrogen-bond acceptors (Lipinski definition) is 3. The monoisotopic (exact) mass is 261 g/mol. The molecule has 104 valence electrons. The number of amides is 1. The molecule has 2 atom stereocenters. The van der Waals surface area contributed by atoms with E-state index in [0.29, 0.717) is 12.5 Å². The summed E-state index contributed by atoms with van der Waals surface area (Å²) in [7, 11) is 2.11. The second-order valence-corrected chi connectivity index (χ2v) is 5.70. The Morgan fingerprint density at radius 3 is 2.74 bits per heavy atom. The minimum Gasteiger partial charge on any atom is -0.354 e. The van der Waals surface area contributed by atoms with Gasteiger partial charge >= 0.3 is 0 Å². The van der Waals surface area contributed by atoms with Gasteiger partial charge in [0.05, 0.1) is 0 Å². The number of carbonyl (C=O) groups excluding carboxylic acids is 1. The summed E-state index contributed by atoms with van der Waals surface area (Å²) in [5, 5.41) is 2.99. The van der Waals surface area contributed by atoms with Gasteiger partial charge in [0.1, 0.15) is 5.54 Å². The van der Waals surface area contributed by atoms with E-state index in [1.165, 1.54) is 0 Å². The third kappa shape index (κ3) is 3.33. The Bertz CT molecular complexity index is 430. The molecule has 2 rings (SSSR count). The summed E-state index contributed by atoms with van der Waals surface area (Å²) in [6, 6.07) is 9.51. The second-order valence-electron chi connectivity index (χ2n) is 5.70. The Kier molecular flexibility index (Phi) is 4.22. The van der Waals surface area contributed by atoms with Crippen molar-refractivity contribution in [3.63, 3.8) is 0 Å². The number of nitrogens with one attached hydrogen (secondary N) is 1. The topological polar surface area (TPSA) is 58.4 Å². The maximum absolute atomic E-state index is 12.3. The molecule has 19 heavy (non-hydrogen) atoms. The fraction of sp³-hybridized carbons (Fsp3) is 0.533. The lowest BCUT2D eigenvalue weighted by Crippen LogP contribution is -2.50. The van der Waals surface area contributed by atoms with E-state index in [1.807, 2.05) is 30.3 Å². The molecule has 0 radical (unpaired) electrons. The Morgan fingerprint density at radius 2 is 2.16 bits per heavy atom. The van der Waals surface area contributed by atoms with E-state index in [2.05, 4.69) is 17.3 Å². The zero-order valence-corrected chi connectivity index (χ0v) is 11.7. The van der Waals surface area contributed by atoms with Gasteiger partial charge < -0.3 is 16.0 Å². The molecule has 1 amide bonds. The molecule has 1 aromatic rings. The van der Waals surface area contributed by atoms with Crippen LogP contribution < -0.4 is 11.1 Å². The van der Waals surface area contributed by atoms with Crippen LogP contribution in [0.3, 0.4) is 0 Å². The van der Waals surface area contributed by atoms with Crippen LogP contribution in [-0.4, -0.2) is 37.5 Å². The molecule has 1 aromatic carbocycles. The molecule has 0 spiro atoms. The molecule has 1 saturated heterocycles. The van der Waals surface area contributed by atoms with Crippen molar-refractivity contribution in [3.05, 3.63) is 35.9 Å². The van der Waals surface area contributed by atoms with Crippen molar-refractivity contribution in [1.82, 2.24) is 10.2 Å². The molecular weight excluding hydrogens is 238 g/mol. The second kappa shape index (κ2) is 5.72. The van der Waals surface area contributed by atoms with E-state index >= 15 is 0 Å². The highest BCUT2D eigenvalue weighted by molar-refractivity contribution is 5.86. The summed E-state index contributed by atoms with van der Waals surface area (Å²) in [6.45, 7) is 4.63. The summed E-state index contributed by atoms with van der Waals surface area (Å²) in [5.74, 6) is 0.439. The average Bonchev–Trinajstić information content (AvgIpc) is 2.82. The number of nitrogens with two attached hydrogens (primary N) is 1. The van der Waals surface area contributed by atoms with Crippen molar-refractivity contribution < 1.29 is 4.79 Å². The van der Waals surface area contributed by atoms with Gasteiger partial charge in [0, 0.05) is 13.1 Å². The zero-order chi connectivity index (χ0) is 13.9. The standard InChI is InChI=1S/C15H23N3O/c1-15(16,13-6-4-3-5-7-13)14(19)17-10-12-8-9-18(2)11-12/h3-7,12H,8-11,16H2,1-2H3,(H,17,19). The SMILES string of the molecule is CN1CCC(CNC(=O)C(C)(N)c2ccccc2)C1. The highest BCUT2D eigenvalue weighted by Crippen LogP contribution is 2.18. The van der Waals surface area contributed by atoms with Gasteiger partial charge in [0.15, 0.2) is 0 Å². The van der Waals surface area contributed by atoms with Gasteiger partial charge in [-0.25, -0.2) is 0 Å². The molecule has 0 bridgehead atoms. The fourth-order valence-corrected chi connectivity index (χ4v) is 2.53. The maximum Gasteiger partial charge on any atom is 0.244 e. The summed E-state index contributed by atoms with van der Waals surface area (Å²) >= 11 is 0. The third-order valence-corrected chi connectivity index (χ3v) is 3.89. The summed E-state index contributed by atoms with van der Waals surface area (Å²) in [4.78, 5) is 14.5. The summed E-state index contributed by atoms with van der Waals surface area (Å²) < 4.78 is 0. The van der Waals surface area contributed by atoms with E-state index < -0.39 is 5.54 Å². The number of likely N-dealkylation sites (tertiary alicyclic amines) is 1. The van der Waals surface area contributed by atoms with Crippen molar-refractivity contribution in [2.75, 3.05) is 26.7 Å². The van der Waals surface area contributed by atoms with Gasteiger partial charge in [0.25, 0.3) is 0 Å². The third-order valence-electron chi connectivity index (χ3n) is 3.89. The Hall–Kier alpha value is -1.39. The number of rotatable bonds is 4. The smallest absolute Gasteiger partial charge is 0.244 e. The van der Waals surface area contributed by atoms with Crippen molar-refractivity contribution in [2.24, 2.45) is 11.7 Å². The van der Waals surface area contributed by atoms with Crippen LogP contribution in [0.2, 0.25) is 0 Å². The normalized spacial score (nSPS) is 23.0. The van der Waals surface area contributed by atoms with E-state index in [4.69, 9.17) is 5.73 Å². The van der Waals surface area contributed by atoms with Crippen LogP contribution in [0.1, 0.15) is 18.9 Å². The van der Waals surface area contributed by atoms with Crippen molar-refractivity contribution >= 4 is 5.91 Å². The van der Waals surface area contributed by atoms with Crippen LogP contribution in [0, 0.1) is 5.92 Å². The van der Waals surface area contributed by atoms with Crippen LogP contribution in [0.4, 0.5) is 0 Å². The van der Waals surface area contributed by atoms with Crippen molar-refractivity contribution in [1.29, 1.82) is 0 Å². The lowest BCUT2D eigenvalue weighted by atomic mass is 9.92. The molecular formula is C15H23N3O. The number of hydrogen-bond donors (Lipinski definition) is 2. The zero-order valence-electron chi connectivity index (χ0n) is 11.7. The number of nitrogens with zero attached hydrogens (tertiary/aromatic N) is 1. The molecule has 1 aliphatic rings. The largest absolute Gasteiger partial charge is 0.354 e. The lowest BCUT2D eigenvalue weighted by molar-refractivity contribution is -0.126. The van der Waals surface area contributed by atoms with Crippen molar-refractivity contribution in [3.8, 4) is 0 Å². The Morgan fingerprint density at radius 1 is 1.47 bits per heavy atom. The number of benzene rings is 1. The first-order chi connectivity index (χ1) is 9.00. The Labute approximate surface area is 115 Å². The first-order valence-corrected chi connectivity index (χ1v) is 6.81. The lowest BCUT2D eigenvalue weighted by Gasteiger charge is -2.25. The van der Waals surface area contributed by atoms with Gasteiger partial charge in [-0.15, -0.1) is 0 Å². The van der Waals surface area contributed by atoms with E-state index in [-0.39, 0.29) is 5.91 Å². The van der Waals surface area contributed by atoms with Crippen LogP contribution in [0.15, 0.2) is 30.3 Å². The van der Waals surface area contributed by atoms with Crippen LogP contribution in [0.25, 0.3) is 0 Å². The highest BCUT2D eigenvalue weighted by Gasteiger charge is 2.31. The molecule has 2 unspecified atom stereocenters. The van der Waals surface area contributed by atoms with E-state index in [1.54, 1.807) is 6.92 Å². The quantitative estimate of drug-likeness (QED) is 0.847. The molecule has 0 aliphatic carbocycles. The molecule has 4 heteroatoms. The highest BCUT2D eigenvalue weighted by atomic mass is 16.2. The van der Waals surface area contributed by atoms with Crippen LogP contribution in [0.5, 0.6) is 0 Å². The molecule has 1 fully saturated rings. The predicted molar refractivity (Wildman–Crippen MR) is 76.6 cm³/mol. The van der Waals surface area contributed by atoms with Gasteiger partial charge in [-0.3, -0.25) is 4.79 Å². The van der Waals surface area contributed by atoms with E-state index in [9.17, 15) is 4.79 Å². The summed E-state index contributed by atoms with van der Waals surface area (Å²) in [5.41, 5.74) is 6.05. The van der Waals surface area contributed by atoms with Crippen molar-refractivity contribution in [2.45, 2.75) is 18.9 Å². The first-order valence-electron chi connectivity index (χ1n) is 6.81. The summed E-state index contributed by atoms with van der Waals surface area (Å²) in [6.07, 6.45) is 1.14.